The summed E-state index contributed by atoms with van der Waals surface area (Å²) >= 11 is 0. The molecule has 0 saturated carbocycles. The van der Waals surface area contributed by atoms with Gasteiger partial charge in [-0.3, -0.25) is 5.32 Å². The molecule has 0 atom stereocenters. The first-order valence-corrected chi connectivity index (χ1v) is 6.46. The highest BCUT2D eigenvalue weighted by Gasteiger charge is 2.15. The smallest absolute Gasteiger partial charge is 0.320 e. The van der Waals surface area contributed by atoms with E-state index >= 15 is 0 Å². The number of nitrogens with zero attached hydrogens (tertiary/aromatic N) is 2. The van der Waals surface area contributed by atoms with Crippen LogP contribution in [0.15, 0.2) is 18.3 Å². The topological polar surface area (TPSA) is 87.0 Å². The number of ether oxygens (including phenoxy) is 1. The Kier molecular flexibility index (Phi) is 5.78. The van der Waals surface area contributed by atoms with Gasteiger partial charge in [0.15, 0.2) is 11.6 Å². The maximum Gasteiger partial charge on any atom is 0.320 e. The molecule has 1 aromatic heterocycles. The van der Waals surface area contributed by atoms with Crippen LogP contribution >= 0.6 is 0 Å². The Morgan fingerprint density at radius 2 is 2.25 bits per heavy atom. The first-order valence-electron chi connectivity index (χ1n) is 6.46. The van der Waals surface area contributed by atoms with Crippen molar-refractivity contribution in [1.29, 1.82) is 5.26 Å². The minimum Gasteiger partial charge on any atom is -0.490 e. The highest BCUT2D eigenvalue weighted by molar-refractivity contribution is 5.90. The Morgan fingerprint density at radius 1 is 1.50 bits per heavy atom. The summed E-state index contributed by atoms with van der Waals surface area (Å²) in [5.74, 6) is 0.862. The van der Waals surface area contributed by atoms with Gasteiger partial charge in [0.05, 0.1) is 12.7 Å². The van der Waals surface area contributed by atoms with Crippen LogP contribution in [0.4, 0.5) is 10.6 Å². The number of carbonyl (C=O) groups excluding carboxylic acids is 1. The number of hydrogen-bond donors (Lipinski definition) is 2. The van der Waals surface area contributed by atoms with Crippen molar-refractivity contribution in [2.24, 2.45) is 0 Å². The highest BCUT2D eigenvalue weighted by Crippen LogP contribution is 2.21. The quantitative estimate of drug-likeness (QED) is 0.809. The van der Waals surface area contributed by atoms with Gasteiger partial charge in [-0.05, 0) is 39.3 Å². The largest absolute Gasteiger partial charge is 0.490 e. The lowest BCUT2D eigenvalue weighted by Crippen LogP contribution is -2.43. The Hall–Kier alpha value is -2.29. The van der Waals surface area contributed by atoms with Gasteiger partial charge in [-0.15, -0.1) is 0 Å². The number of carbonyl (C=O) groups is 1. The molecule has 0 fully saturated rings. The second kappa shape index (κ2) is 7.34. The van der Waals surface area contributed by atoms with E-state index in [2.05, 4.69) is 21.7 Å². The molecule has 0 bridgehead atoms. The first-order chi connectivity index (χ1) is 9.42. The SMILES string of the molecule is CC(C)(C)NC(=O)Nc1ncccc1OCCCC#N. The van der Waals surface area contributed by atoms with Crippen LogP contribution in [0.25, 0.3) is 0 Å². The summed E-state index contributed by atoms with van der Waals surface area (Å²) in [4.78, 5) is 15.9. The van der Waals surface area contributed by atoms with Gasteiger partial charge in [-0.25, -0.2) is 9.78 Å². The number of unbranched alkanes of at least 4 members (excludes halogenated alkanes) is 1. The van der Waals surface area contributed by atoms with Gasteiger partial charge in [-0.1, -0.05) is 0 Å². The average molecular weight is 276 g/mol. The molecule has 0 aliphatic carbocycles. The number of nitriles is 1. The van der Waals surface area contributed by atoms with Crippen LogP contribution in [0, 0.1) is 11.3 Å². The maximum atomic E-state index is 11.8. The second-order valence-corrected chi connectivity index (χ2v) is 5.29. The summed E-state index contributed by atoms with van der Waals surface area (Å²) in [5, 5.41) is 13.9. The van der Waals surface area contributed by atoms with Crippen molar-refractivity contribution in [2.45, 2.75) is 39.2 Å². The van der Waals surface area contributed by atoms with Crippen molar-refractivity contribution >= 4 is 11.8 Å². The number of aromatic nitrogens is 1. The van der Waals surface area contributed by atoms with Gasteiger partial charge in [0.2, 0.25) is 0 Å². The fraction of sp³-hybridized carbons (Fsp3) is 0.500. The fourth-order valence-corrected chi connectivity index (χ4v) is 1.41. The molecule has 6 heteroatoms. The molecule has 1 heterocycles. The molecule has 0 aromatic carbocycles. The van der Waals surface area contributed by atoms with Crippen LogP contribution < -0.4 is 15.4 Å². The number of pyridine rings is 1. The number of rotatable bonds is 5. The molecule has 0 saturated heterocycles. The molecule has 6 nitrogen and oxygen atoms in total. The van der Waals surface area contributed by atoms with Crippen molar-refractivity contribution in [3.8, 4) is 11.8 Å². The predicted octanol–water partition coefficient (Wildman–Crippen LogP) is 2.68. The van der Waals surface area contributed by atoms with Crippen molar-refractivity contribution in [2.75, 3.05) is 11.9 Å². The van der Waals surface area contributed by atoms with E-state index in [9.17, 15) is 4.79 Å². The Morgan fingerprint density at radius 3 is 2.90 bits per heavy atom. The van der Waals surface area contributed by atoms with Crippen LogP contribution in [-0.4, -0.2) is 23.2 Å². The van der Waals surface area contributed by atoms with Crippen molar-refractivity contribution in [1.82, 2.24) is 10.3 Å². The average Bonchev–Trinajstić information content (AvgIpc) is 2.34. The van der Waals surface area contributed by atoms with E-state index in [0.717, 1.165) is 0 Å². The van der Waals surface area contributed by atoms with E-state index in [1.807, 2.05) is 20.8 Å². The van der Waals surface area contributed by atoms with E-state index in [1.165, 1.54) is 0 Å². The molecule has 1 aromatic rings. The van der Waals surface area contributed by atoms with E-state index in [1.54, 1.807) is 18.3 Å². The van der Waals surface area contributed by atoms with Crippen molar-refractivity contribution in [3.63, 3.8) is 0 Å². The number of urea groups is 1. The molecule has 0 unspecified atom stereocenters. The second-order valence-electron chi connectivity index (χ2n) is 5.29. The highest BCUT2D eigenvalue weighted by atomic mass is 16.5. The molecule has 20 heavy (non-hydrogen) atoms. The third-order valence-corrected chi connectivity index (χ3v) is 2.18. The summed E-state index contributed by atoms with van der Waals surface area (Å²) in [6.07, 6.45) is 2.65. The normalized spacial score (nSPS) is 10.5. The number of anilines is 1. The maximum absolute atomic E-state index is 11.8. The van der Waals surface area contributed by atoms with E-state index in [-0.39, 0.29) is 11.6 Å². The van der Waals surface area contributed by atoms with Crippen LogP contribution in [0.5, 0.6) is 5.75 Å². The molecule has 2 amide bonds. The number of nitrogens with one attached hydrogen (secondary N) is 2. The summed E-state index contributed by atoms with van der Waals surface area (Å²) in [7, 11) is 0. The zero-order chi connectivity index (χ0) is 15.0. The molecular formula is C14H20N4O2. The lowest BCUT2D eigenvalue weighted by Gasteiger charge is -2.21. The third-order valence-electron chi connectivity index (χ3n) is 2.18. The summed E-state index contributed by atoms with van der Waals surface area (Å²) < 4.78 is 5.51. The van der Waals surface area contributed by atoms with Gasteiger partial charge in [0, 0.05) is 18.2 Å². The molecule has 0 radical (unpaired) electrons. The van der Waals surface area contributed by atoms with Gasteiger partial charge >= 0.3 is 6.03 Å². The first kappa shape index (κ1) is 15.8. The molecule has 0 spiro atoms. The van der Waals surface area contributed by atoms with E-state index < -0.39 is 0 Å². The molecular weight excluding hydrogens is 256 g/mol. The number of amides is 2. The Bertz CT molecular complexity index is 489. The molecule has 0 aliphatic heterocycles. The van der Waals surface area contributed by atoms with Crippen molar-refractivity contribution < 1.29 is 9.53 Å². The van der Waals surface area contributed by atoms with Crippen LogP contribution in [0.1, 0.15) is 33.6 Å². The standard InChI is InChI=1S/C14H20N4O2/c1-14(2,3)18-13(19)17-12-11(7-6-9-16-12)20-10-5-4-8-15/h6-7,9H,4-5,10H2,1-3H3,(H2,16,17,18,19). The molecule has 1 rings (SSSR count). The number of hydrogen-bond acceptors (Lipinski definition) is 4. The lowest BCUT2D eigenvalue weighted by molar-refractivity contribution is 0.243. The van der Waals surface area contributed by atoms with Crippen molar-refractivity contribution in [3.05, 3.63) is 18.3 Å². The van der Waals surface area contributed by atoms with E-state index in [0.29, 0.717) is 31.0 Å². The predicted molar refractivity (Wildman–Crippen MR) is 76.5 cm³/mol. The molecule has 0 aliphatic rings. The molecule has 108 valence electrons. The van der Waals surface area contributed by atoms with Gasteiger partial charge in [0.25, 0.3) is 0 Å². The zero-order valence-corrected chi connectivity index (χ0v) is 12.1. The summed E-state index contributed by atoms with van der Waals surface area (Å²) in [6.45, 7) is 6.09. The minimum absolute atomic E-state index is 0.327. The summed E-state index contributed by atoms with van der Waals surface area (Å²) in [5.41, 5.74) is -0.327. The fourth-order valence-electron chi connectivity index (χ4n) is 1.41. The van der Waals surface area contributed by atoms with Crippen LogP contribution in [0.2, 0.25) is 0 Å². The van der Waals surface area contributed by atoms with Crippen LogP contribution in [-0.2, 0) is 0 Å². The molecule has 2 N–H and O–H groups in total. The third kappa shape index (κ3) is 6.05. The lowest BCUT2D eigenvalue weighted by atomic mass is 10.1. The monoisotopic (exact) mass is 276 g/mol. The van der Waals surface area contributed by atoms with Crippen LogP contribution in [0.3, 0.4) is 0 Å². The van der Waals surface area contributed by atoms with Gasteiger partial charge in [-0.2, -0.15) is 5.26 Å². The van der Waals surface area contributed by atoms with Gasteiger partial charge < -0.3 is 10.1 Å². The Labute approximate surface area is 119 Å². The minimum atomic E-state index is -0.335. The van der Waals surface area contributed by atoms with Gasteiger partial charge in [0.1, 0.15) is 0 Å². The zero-order valence-electron chi connectivity index (χ0n) is 12.1. The Balaban J connectivity index is 2.61. The summed E-state index contributed by atoms with van der Waals surface area (Å²) in [6, 6.07) is 5.17. The van der Waals surface area contributed by atoms with E-state index in [4.69, 9.17) is 10.00 Å².